The number of carbonyl (C=O) groups is 3. The zero-order chi connectivity index (χ0) is 27.0. The minimum atomic E-state index is -4.34. The maximum absolute atomic E-state index is 12.2. The predicted molar refractivity (Wildman–Crippen MR) is 134 cm³/mol. The van der Waals surface area contributed by atoms with Crippen LogP contribution in [0.15, 0.2) is 12.7 Å². The van der Waals surface area contributed by atoms with Gasteiger partial charge in [-0.2, -0.15) is 11.8 Å². The molecule has 0 bridgehead atoms. The lowest BCUT2D eigenvalue weighted by atomic mass is 9.88. The Hall–Kier alpha value is -1.21. The van der Waals surface area contributed by atoms with Crippen molar-refractivity contribution in [2.75, 3.05) is 51.7 Å². The lowest BCUT2D eigenvalue weighted by Gasteiger charge is -2.31. The molecule has 1 atom stereocenters. The Balaban J connectivity index is 4.69. The van der Waals surface area contributed by atoms with Crippen LogP contribution in [0.4, 0.5) is 0 Å². The fourth-order valence-corrected chi connectivity index (χ4v) is 5.59. The molecule has 204 valence electrons. The average Bonchev–Trinajstić information content (AvgIpc) is 2.83. The molecule has 2 N–H and O–H groups in total. The van der Waals surface area contributed by atoms with Crippen molar-refractivity contribution < 1.29 is 51.8 Å². The maximum atomic E-state index is 12.2. The number of ether oxygens (including phenoxy) is 3. The first-order valence-corrected chi connectivity index (χ1v) is 16.6. The van der Waals surface area contributed by atoms with Crippen LogP contribution in [0, 0.1) is 5.41 Å². The summed E-state index contributed by atoms with van der Waals surface area (Å²) in [7, 11) is -3.13. The van der Waals surface area contributed by atoms with Crippen molar-refractivity contribution in [2.24, 2.45) is 5.41 Å². The van der Waals surface area contributed by atoms with Gasteiger partial charge in [0.1, 0.15) is 19.8 Å². The first-order chi connectivity index (χ1) is 16.3. The Morgan fingerprint density at radius 3 is 2.03 bits per heavy atom. The molecule has 0 spiro atoms. The van der Waals surface area contributed by atoms with Gasteiger partial charge in [0.25, 0.3) is 0 Å². The number of rotatable bonds is 20. The molecule has 0 aliphatic rings. The van der Waals surface area contributed by atoms with E-state index in [1.165, 1.54) is 0 Å². The SMILES string of the molecule is C=CC(=O)OCC(CC)(COC(=O)CCSCCC[Si](C)(OC)OC)COC(=O)CCP(=O)(O)O. The largest absolute Gasteiger partial charge is 0.465 e. The monoisotopic (exact) mass is 558 g/mol. The van der Waals surface area contributed by atoms with Crippen molar-refractivity contribution in [3.63, 3.8) is 0 Å². The minimum Gasteiger partial charge on any atom is -0.465 e. The maximum Gasteiger partial charge on any atom is 0.334 e. The predicted octanol–water partition coefficient (Wildman–Crippen LogP) is 2.64. The molecule has 1 unspecified atom stereocenters. The Labute approximate surface area is 212 Å². The van der Waals surface area contributed by atoms with Crippen LogP contribution in [0.5, 0.6) is 0 Å². The fourth-order valence-electron chi connectivity index (χ4n) is 2.60. The van der Waals surface area contributed by atoms with Gasteiger partial charge >= 0.3 is 34.1 Å². The Morgan fingerprint density at radius 2 is 1.54 bits per heavy atom. The van der Waals surface area contributed by atoms with E-state index in [4.69, 9.17) is 32.8 Å². The summed E-state index contributed by atoms with van der Waals surface area (Å²) >= 11 is 1.62. The molecule has 0 aromatic carbocycles. The van der Waals surface area contributed by atoms with E-state index in [0.29, 0.717) is 12.2 Å². The lowest BCUT2D eigenvalue weighted by molar-refractivity contribution is -0.160. The standard InChI is InChI=1S/C21H39O11PSSi/c1-6-18(22)30-15-21(7-2,16-31-19(23)9-11-33(25,26)27)17-32-20(24)10-13-34-12-8-14-35(5,28-3)29-4/h6H,1,7-17H2,2-5H3,(H2,25,26,27). The third kappa shape index (κ3) is 16.2. The van der Waals surface area contributed by atoms with Gasteiger partial charge in [0.15, 0.2) is 0 Å². The smallest absolute Gasteiger partial charge is 0.334 e. The molecule has 0 heterocycles. The van der Waals surface area contributed by atoms with Crippen molar-refractivity contribution in [2.45, 2.75) is 45.2 Å². The van der Waals surface area contributed by atoms with Crippen LogP contribution >= 0.6 is 19.4 Å². The van der Waals surface area contributed by atoms with Gasteiger partial charge in [0.05, 0.1) is 24.4 Å². The van der Waals surface area contributed by atoms with Crippen LogP contribution in [0.1, 0.15) is 32.6 Å². The molecule has 0 rings (SSSR count). The molecular formula is C21H39O11PSSi. The van der Waals surface area contributed by atoms with Crippen molar-refractivity contribution in [3.8, 4) is 0 Å². The summed E-state index contributed by atoms with van der Waals surface area (Å²) < 4.78 is 37.5. The van der Waals surface area contributed by atoms with E-state index < -0.39 is 52.1 Å². The van der Waals surface area contributed by atoms with Crippen LogP contribution in [0.3, 0.4) is 0 Å². The molecular weight excluding hydrogens is 519 g/mol. The highest BCUT2D eigenvalue weighted by Crippen LogP contribution is 2.35. The van der Waals surface area contributed by atoms with Crippen LogP contribution < -0.4 is 0 Å². The zero-order valence-electron chi connectivity index (χ0n) is 21.0. The minimum absolute atomic E-state index is 0.158. The van der Waals surface area contributed by atoms with Crippen molar-refractivity contribution >= 4 is 45.8 Å². The van der Waals surface area contributed by atoms with E-state index in [1.807, 2.05) is 6.55 Å². The zero-order valence-corrected chi connectivity index (χ0v) is 23.7. The Morgan fingerprint density at radius 1 is 1.00 bits per heavy atom. The molecule has 0 amide bonds. The second kappa shape index (κ2) is 17.3. The normalized spacial score (nSPS) is 13.5. The van der Waals surface area contributed by atoms with E-state index in [0.717, 1.165) is 24.3 Å². The molecule has 14 heteroatoms. The summed E-state index contributed by atoms with van der Waals surface area (Å²) in [4.78, 5) is 53.5. The van der Waals surface area contributed by atoms with E-state index in [1.54, 1.807) is 32.9 Å². The summed E-state index contributed by atoms with van der Waals surface area (Å²) in [5.74, 6) is -0.515. The van der Waals surface area contributed by atoms with Crippen LogP contribution in [0.25, 0.3) is 0 Å². The summed E-state index contributed by atoms with van der Waals surface area (Å²) in [6, 6.07) is 0.854. The second-order valence-electron chi connectivity index (χ2n) is 8.13. The molecule has 0 aliphatic heterocycles. The highest BCUT2D eigenvalue weighted by Gasteiger charge is 2.34. The lowest BCUT2D eigenvalue weighted by Crippen LogP contribution is -2.39. The quantitative estimate of drug-likeness (QED) is 0.0563. The number of carbonyl (C=O) groups excluding carboxylic acids is 3. The average molecular weight is 559 g/mol. The summed E-state index contributed by atoms with van der Waals surface area (Å²) in [6.07, 6.45) is 1.31. The molecule has 0 fully saturated rings. The summed E-state index contributed by atoms with van der Waals surface area (Å²) in [5.41, 5.74) is -1.01. The first kappa shape index (κ1) is 33.8. The Kier molecular flexibility index (Phi) is 16.7. The number of esters is 3. The number of hydrogen-bond acceptors (Lipinski definition) is 10. The topological polar surface area (TPSA) is 155 Å². The van der Waals surface area contributed by atoms with Crippen LogP contribution in [0.2, 0.25) is 12.6 Å². The van der Waals surface area contributed by atoms with Gasteiger partial charge in [-0.1, -0.05) is 13.5 Å². The summed E-state index contributed by atoms with van der Waals surface area (Å²) in [5, 5.41) is 0. The molecule has 0 radical (unpaired) electrons. The molecule has 0 aromatic heterocycles. The second-order valence-corrected chi connectivity index (χ2v) is 14.7. The van der Waals surface area contributed by atoms with Gasteiger partial charge in [-0.25, -0.2) is 4.79 Å². The van der Waals surface area contributed by atoms with Gasteiger partial charge in [-0.15, -0.1) is 0 Å². The van der Waals surface area contributed by atoms with Crippen molar-refractivity contribution in [1.29, 1.82) is 0 Å². The molecule has 0 aromatic rings. The fraction of sp³-hybridized carbons (Fsp3) is 0.762. The van der Waals surface area contributed by atoms with Crippen LogP contribution in [-0.4, -0.2) is 88.0 Å². The molecule has 35 heavy (non-hydrogen) atoms. The third-order valence-corrected chi connectivity index (χ3v) is 10.2. The molecule has 11 nitrogen and oxygen atoms in total. The number of thioether (sulfide) groups is 1. The van der Waals surface area contributed by atoms with Gasteiger partial charge < -0.3 is 32.8 Å². The highest BCUT2D eigenvalue weighted by molar-refractivity contribution is 7.99. The third-order valence-electron chi connectivity index (χ3n) is 5.36. The van der Waals surface area contributed by atoms with Crippen LogP contribution in [-0.2, 0) is 42.0 Å². The Bertz CT molecular complexity index is 726. The van der Waals surface area contributed by atoms with E-state index in [2.05, 4.69) is 6.58 Å². The van der Waals surface area contributed by atoms with Gasteiger partial charge in [-0.3, -0.25) is 14.2 Å². The molecule has 0 aliphatic carbocycles. The van der Waals surface area contributed by atoms with E-state index >= 15 is 0 Å². The first-order valence-electron chi connectivity index (χ1n) is 11.2. The molecule has 0 saturated heterocycles. The van der Waals surface area contributed by atoms with E-state index in [-0.39, 0.29) is 26.2 Å². The van der Waals surface area contributed by atoms with E-state index in [9.17, 15) is 18.9 Å². The highest BCUT2D eigenvalue weighted by atomic mass is 32.2. The summed E-state index contributed by atoms with van der Waals surface area (Å²) in [6.45, 7) is 6.48. The van der Waals surface area contributed by atoms with Gasteiger partial charge in [-0.05, 0) is 31.2 Å². The molecule has 0 saturated carbocycles. The van der Waals surface area contributed by atoms with Gasteiger partial charge in [0.2, 0.25) is 0 Å². The number of hydrogen-bond donors (Lipinski definition) is 2. The van der Waals surface area contributed by atoms with Crippen molar-refractivity contribution in [1.82, 2.24) is 0 Å². The van der Waals surface area contributed by atoms with Gasteiger partial charge in [0, 0.05) is 26.0 Å². The van der Waals surface area contributed by atoms with Crippen molar-refractivity contribution in [3.05, 3.63) is 12.7 Å².